The lowest BCUT2D eigenvalue weighted by Crippen LogP contribution is -2.43. The fourth-order valence-corrected chi connectivity index (χ4v) is 7.10. The van der Waals surface area contributed by atoms with Crippen molar-refractivity contribution in [2.75, 3.05) is 29.9 Å². The third-order valence-corrected chi connectivity index (χ3v) is 9.98. The fraction of sp³-hybridized carbons (Fsp3) is 0.342. The largest absolute Gasteiger partial charge is 0.508 e. The van der Waals surface area contributed by atoms with Crippen molar-refractivity contribution in [3.05, 3.63) is 114 Å². The molecule has 0 unspecified atom stereocenters. The van der Waals surface area contributed by atoms with Crippen molar-refractivity contribution in [1.29, 1.82) is 0 Å². The molecule has 2 fully saturated rings. The van der Waals surface area contributed by atoms with Gasteiger partial charge >= 0.3 is 6.03 Å². The summed E-state index contributed by atoms with van der Waals surface area (Å²) in [7, 11) is 0. The minimum absolute atomic E-state index is 0.0170. The Morgan fingerprint density at radius 2 is 1.75 bits per heavy atom. The number of aromatic hydroxyl groups is 1. The molecule has 3 aromatic carbocycles. The maximum Gasteiger partial charge on any atom is 0.315 e. The van der Waals surface area contributed by atoms with Gasteiger partial charge in [-0.15, -0.1) is 10.2 Å². The molecule has 2 aliphatic heterocycles. The predicted molar refractivity (Wildman–Crippen MR) is 201 cm³/mol. The quantitative estimate of drug-likeness (QED) is 0.106. The van der Waals surface area contributed by atoms with Crippen LogP contribution in [0, 0.1) is 0 Å². The van der Waals surface area contributed by atoms with Gasteiger partial charge in [-0.05, 0) is 47.4 Å². The van der Waals surface area contributed by atoms with Crippen molar-refractivity contribution in [3.8, 4) is 5.75 Å². The number of imidazole rings is 1. The number of anilines is 2. The number of hydrogen-bond acceptors (Lipinski definition) is 13. The zero-order valence-electron chi connectivity index (χ0n) is 30.1. The van der Waals surface area contributed by atoms with E-state index in [2.05, 4.69) is 60.6 Å². The number of fused-ring (bicyclic) bond motifs is 1. The number of hydrogen-bond donors (Lipinski definition) is 6. The van der Waals surface area contributed by atoms with Crippen molar-refractivity contribution < 1.29 is 24.9 Å². The van der Waals surface area contributed by atoms with Gasteiger partial charge in [0, 0.05) is 38.1 Å². The summed E-state index contributed by atoms with van der Waals surface area (Å²) in [6, 6.07) is 26.7. The van der Waals surface area contributed by atoms with Gasteiger partial charge in [0.1, 0.15) is 18.0 Å². The molecule has 3 aromatic heterocycles. The maximum absolute atomic E-state index is 12.8. The fourth-order valence-electron chi connectivity index (χ4n) is 7.10. The van der Waals surface area contributed by atoms with Gasteiger partial charge in [-0.1, -0.05) is 72.8 Å². The third kappa shape index (κ3) is 7.62. The summed E-state index contributed by atoms with van der Waals surface area (Å²) in [4.78, 5) is 30.8. The van der Waals surface area contributed by atoms with E-state index in [4.69, 9.17) is 14.7 Å². The first-order valence-electron chi connectivity index (χ1n) is 18.3. The second kappa shape index (κ2) is 15.7. The molecule has 0 aliphatic carbocycles. The molecule has 284 valence electrons. The SMILES string of the molecule is CCn1nnc([C@H]2O[C@@H](n3cnc4c(NCC(c5ccccc5)c5ccccc5)nc(N5CC[C@@H](NC(=O)NCc6cccc(O)c6)C5)nc43)[C@H](O)[C@@H]2O)n1. The second-order valence-corrected chi connectivity index (χ2v) is 13.6. The lowest BCUT2D eigenvalue weighted by atomic mass is 9.91. The summed E-state index contributed by atoms with van der Waals surface area (Å²) in [6.45, 7) is 4.10. The Bertz CT molecular complexity index is 2200. The number of amides is 2. The number of aryl methyl sites for hydroxylation is 1. The zero-order valence-corrected chi connectivity index (χ0v) is 30.1. The molecule has 6 aromatic rings. The van der Waals surface area contributed by atoms with Crippen molar-refractivity contribution in [1.82, 2.24) is 50.4 Å². The number of phenolic OH excluding ortho intramolecular Hbond substituents is 1. The van der Waals surface area contributed by atoms with Crippen LogP contribution in [0.2, 0.25) is 0 Å². The predicted octanol–water partition coefficient (Wildman–Crippen LogP) is 2.85. The van der Waals surface area contributed by atoms with Gasteiger partial charge < -0.3 is 40.9 Å². The summed E-state index contributed by atoms with van der Waals surface area (Å²) in [5.41, 5.74) is 3.87. The Labute approximate surface area is 316 Å². The Morgan fingerprint density at radius 3 is 2.45 bits per heavy atom. The van der Waals surface area contributed by atoms with Crippen molar-refractivity contribution in [3.63, 3.8) is 0 Å². The second-order valence-electron chi connectivity index (χ2n) is 13.6. The molecule has 2 amide bonds. The Morgan fingerprint density at radius 1 is 0.982 bits per heavy atom. The van der Waals surface area contributed by atoms with Crippen LogP contribution in [-0.4, -0.2) is 99.0 Å². The first-order valence-corrected chi connectivity index (χ1v) is 18.3. The van der Waals surface area contributed by atoms with Gasteiger partial charge in [0.15, 0.2) is 29.3 Å². The number of nitrogens with zero attached hydrogens (tertiary/aromatic N) is 9. The summed E-state index contributed by atoms with van der Waals surface area (Å²) >= 11 is 0. The van der Waals surface area contributed by atoms with E-state index in [1.807, 2.05) is 54.3 Å². The van der Waals surface area contributed by atoms with Crippen molar-refractivity contribution in [2.24, 2.45) is 0 Å². The molecule has 6 N–H and O–H groups in total. The van der Waals surface area contributed by atoms with Crippen LogP contribution in [0.5, 0.6) is 5.75 Å². The molecular formula is C38H42N12O5. The average Bonchev–Trinajstić information content (AvgIpc) is 4.02. The van der Waals surface area contributed by atoms with Gasteiger partial charge in [0.05, 0.1) is 12.9 Å². The molecule has 8 rings (SSSR count). The molecule has 55 heavy (non-hydrogen) atoms. The standard InChI is InChI=1S/C38H42N12O5/c1-2-50-46-34(45-47-50)32-30(52)31(53)36(55-32)49-22-41-29-33(39-20-28(24-11-5-3-6-12-24)25-13-7-4-8-14-25)43-37(44-35(29)49)48-17-16-26(21-48)42-38(54)40-19-23-10-9-15-27(51)18-23/h3-15,18,22,26,28,30-32,36,51-53H,2,16-17,19-21H2,1H3,(H,39,43,44)(H2,40,42,54)/t26-,30+,31-,32+,36-/m1/s1. The van der Waals surface area contributed by atoms with E-state index in [1.54, 1.807) is 22.8 Å². The number of tetrazole rings is 1. The molecule has 5 heterocycles. The highest BCUT2D eigenvalue weighted by molar-refractivity contribution is 5.84. The van der Waals surface area contributed by atoms with Gasteiger partial charge in [0.25, 0.3) is 0 Å². The van der Waals surface area contributed by atoms with Gasteiger partial charge in [0.2, 0.25) is 11.8 Å². The van der Waals surface area contributed by atoms with Crippen LogP contribution >= 0.6 is 0 Å². The summed E-state index contributed by atoms with van der Waals surface area (Å²) in [5.74, 6) is 1.16. The number of urea groups is 1. The van der Waals surface area contributed by atoms with Crippen LogP contribution in [0.3, 0.4) is 0 Å². The number of ether oxygens (including phenoxy) is 1. The molecule has 0 saturated carbocycles. The highest BCUT2D eigenvalue weighted by Crippen LogP contribution is 2.39. The van der Waals surface area contributed by atoms with Crippen LogP contribution in [0.25, 0.3) is 11.2 Å². The lowest BCUT2D eigenvalue weighted by molar-refractivity contribution is -0.0384. The molecule has 0 spiro atoms. The van der Waals surface area contributed by atoms with Crippen LogP contribution in [0.1, 0.15) is 54.1 Å². The molecular weight excluding hydrogens is 704 g/mol. The van der Waals surface area contributed by atoms with E-state index in [9.17, 15) is 20.1 Å². The monoisotopic (exact) mass is 746 g/mol. The number of carbonyl (C=O) groups excluding carboxylic acids is 1. The molecule has 17 nitrogen and oxygen atoms in total. The Balaban J connectivity index is 1.07. The summed E-state index contributed by atoms with van der Waals surface area (Å²) < 4.78 is 7.80. The van der Waals surface area contributed by atoms with Crippen LogP contribution in [0.15, 0.2) is 91.3 Å². The minimum Gasteiger partial charge on any atom is -0.508 e. The molecule has 5 atom stereocenters. The number of benzene rings is 3. The number of carbonyl (C=O) groups is 1. The molecule has 0 bridgehead atoms. The topological polar surface area (TPSA) is 214 Å². The maximum atomic E-state index is 12.8. The first-order chi connectivity index (χ1) is 26.8. The van der Waals surface area contributed by atoms with Crippen molar-refractivity contribution in [2.45, 2.75) is 62.9 Å². The number of aromatic nitrogens is 8. The minimum atomic E-state index is -1.36. The smallest absolute Gasteiger partial charge is 0.315 e. The van der Waals surface area contributed by atoms with Gasteiger partial charge in [-0.3, -0.25) is 4.57 Å². The van der Waals surface area contributed by atoms with E-state index >= 15 is 0 Å². The Hall–Kier alpha value is -6.17. The van der Waals surface area contributed by atoms with Crippen molar-refractivity contribution >= 4 is 29.0 Å². The number of rotatable bonds is 12. The summed E-state index contributed by atoms with van der Waals surface area (Å²) in [6.07, 6.45) is -2.62. The average molecular weight is 747 g/mol. The van der Waals surface area contributed by atoms with Crippen LogP contribution in [0.4, 0.5) is 16.6 Å². The number of aliphatic hydroxyl groups is 2. The molecule has 17 heteroatoms. The molecule has 2 saturated heterocycles. The van der Waals surface area contributed by atoms with E-state index in [-0.39, 0.29) is 36.1 Å². The molecule has 2 aliphatic rings. The Kier molecular flexibility index (Phi) is 10.2. The third-order valence-electron chi connectivity index (χ3n) is 9.98. The number of nitrogens with one attached hydrogen (secondary N) is 3. The zero-order chi connectivity index (χ0) is 37.9. The van der Waals surface area contributed by atoms with E-state index in [0.717, 1.165) is 16.7 Å². The highest BCUT2D eigenvalue weighted by Gasteiger charge is 2.47. The van der Waals surface area contributed by atoms with Gasteiger partial charge in [-0.2, -0.15) is 14.8 Å². The first kappa shape index (κ1) is 35.8. The normalized spacial score (nSPS) is 21.0. The molecule has 0 radical (unpaired) electrons. The van der Waals surface area contributed by atoms with E-state index < -0.39 is 24.5 Å². The number of aliphatic hydroxyl groups excluding tert-OH is 2. The van der Waals surface area contributed by atoms with E-state index in [0.29, 0.717) is 55.5 Å². The number of phenols is 1. The van der Waals surface area contributed by atoms with Crippen LogP contribution < -0.4 is 20.9 Å². The summed E-state index contributed by atoms with van der Waals surface area (Å²) in [5, 5.41) is 53.9. The van der Waals surface area contributed by atoms with Crippen LogP contribution in [-0.2, 0) is 17.8 Å². The van der Waals surface area contributed by atoms with Gasteiger partial charge in [-0.25, -0.2) is 9.78 Å². The lowest BCUT2D eigenvalue weighted by Gasteiger charge is -2.22. The van der Waals surface area contributed by atoms with E-state index in [1.165, 1.54) is 11.1 Å². The highest BCUT2D eigenvalue weighted by atomic mass is 16.6.